The van der Waals surface area contributed by atoms with Crippen LogP contribution in [0.3, 0.4) is 0 Å². The fourth-order valence-electron chi connectivity index (χ4n) is 5.30. The van der Waals surface area contributed by atoms with E-state index in [0.29, 0.717) is 13.0 Å². The summed E-state index contributed by atoms with van der Waals surface area (Å²) in [6.45, 7) is 12.9. The summed E-state index contributed by atoms with van der Waals surface area (Å²) >= 11 is 0. The molecular weight excluding hydrogens is 392 g/mol. The number of hydrogen-bond acceptors (Lipinski definition) is 5. The first-order valence-electron chi connectivity index (χ1n) is 11.3. The molecule has 0 saturated carbocycles. The lowest BCUT2D eigenvalue weighted by Crippen LogP contribution is -2.53. The molecule has 1 aliphatic carbocycles. The second-order valence-electron chi connectivity index (χ2n) is 10.1. The van der Waals surface area contributed by atoms with Gasteiger partial charge in [0.2, 0.25) is 0 Å². The molecule has 1 spiro atoms. The van der Waals surface area contributed by atoms with Crippen LogP contribution in [0.1, 0.15) is 67.2 Å². The largest absolute Gasteiger partial charge is 0.432 e. The van der Waals surface area contributed by atoms with Crippen LogP contribution < -0.4 is 0 Å². The van der Waals surface area contributed by atoms with E-state index in [0.717, 1.165) is 24.8 Å². The van der Waals surface area contributed by atoms with E-state index in [2.05, 4.69) is 32.9 Å². The van der Waals surface area contributed by atoms with Crippen LogP contribution in [0.2, 0.25) is 0 Å². The van der Waals surface area contributed by atoms with Crippen molar-refractivity contribution in [2.24, 2.45) is 11.3 Å². The molecule has 0 N–H and O–H groups in total. The van der Waals surface area contributed by atoms with Gasteiger partial charge in [0.15, 0.2) is 5.79 Å². The fraction of sp³-hybridized carbons (Fsp3) is 0.654. The summed E-state index contributed by atoms with van der Waals surface area (Å²) in [5.74, 6) is -1.07. The van der Waals surface area contributed by atoms with Gasteiger partial charge in [0.25, 0.3) is 0 Å². The van der Waals surface area contributed by atoms with Gasteiger partial charge in [-0.1, -0.05) is 30.2 Å². The fourth-order valence-corrected chi connectivity index (χ4v) is 5.30. The molecule has 5 nitrogen and oxygen atoms in total. The van der Waals surface area contributed by atoms with Crippen LogP contribution in [-0.4, -0.2) is 37.2 Å². The Morgan fingerprint density at radius 2 is 1.97 bits per heavy atom. The molecule has 31 heavy (non-hydrogen) atoms. The minimum Gasteiger partial charge on any atom is -0.432 e. The number of carbonyl (C=O) groups excluding carboxylic acids is 1. The smallest absolute Gasteiger partial charge is 0.335 e. The molecule has 0 aromatic rings. The van der Waals surface area contributed by atoms with E-state index < -0.39 is 11.4 Å². The van der Waals surface area contributed by atoms with Gasteiger partial charge < -0.3 is 18.9 Å². The first-order chi connectivity index (χ1) is 14.5. The van der Waals surface area contributed by atoms with E-state index in [1.165, 1.54) is 17.2 Å². The molecule has 5 atom stereocenters. The lowest BCUT2D eigenvalue weighted by Gasteiger charge is -2.49. The van der Waals surface area contributed by atoms with Crippen molar-refractivity contribution in [2.75, 3.05) is 13.7 Å². The maximum absolute atomic E-state index is 12.1. The number of carbonyl (C=O) groups is 1. The minimum absolute atomic E-state index is 0.00506. The van der Waals surface area contributed by atoms with Crippen molar-refractivity contribution in [2.45, 2.75) is 84.7 Å². The van der Waals surface area contributed by atoms with Crippen LogP contribution in [0.4, 0.5) is 0 Å². The number of esters is 1. The molecule has 3 aliphatic rings. The van der Waals surface area contributed by atoms with Crippen molar-refractivity contribution in [1.29, 1.82) is 0 Å². The van der Waals surface area contributed by atoms with Crippen molar-refractivity contribution in [1.82, 2.24) is 0 Å². The second kappa shape index (κ2) is 9.05. The number of allylic oxidation sites excluding steroid dienone is 4. The molecule has 0 aromatic heterocycles. The van der Waals surface area contributed by atoms with Crippen LogP contribution in [0.25, 0.3) is 0 Å². The molecule has 172 valence electrons. The third kappa shape index (κ3) is 4.74. The summed E-state index contributed by atoms with van der Waals surface area (Å²) < 4.78 is 24.1. The second-order valence-corrected chi connectivity index (χ2v) is 10.1. The zero-order chi connectivity index (χ0) is 22.9. The molecule has 0 unspecified atom stereocenters. The van der Waals surface area contributed by atoms with Crippen molar-refractivity contribution >= 4 is 5.97 Å². The molecular formula is C26H38O5. The molecule has 0 aromatic carbocycles. The summed E-state index contributed by atoms with van der Waals surface area (Å²) in [4.78, 5) is 12.1. The summed E-state index contributed by atoms with van der Waals surface area (Å²) in [7, 11) is 1.68. The van der Waals surface area contributed by atoms with E-state index in [9.17, 15) is 4.79 Å². The third-order valence-electron chi connectivity index (χ3n) is 6.95. The lowest BCUT2D eigenvalue weighted by molar-refractivity contribution is -0.236. The lowest BCUT2D eigenvalue weighted by atomic mass is 9.58. The maximum atomic E-state index is 12.1. The quantitative estimate of drug-likeness (QED) is 0.227. The van der Waals surface area contributed by atoms with Crippen LogP contribution in [-0.2, 0) is 23.7 Å². The van der Waals surface area contributed by atoms with Gasteiger partial charge in [0.05, 0.1) is 19.0 Å². The van der Waals surface area contributed by atoms with Gasteiger partial charge in [-0.05, 0) is 70.9 Å². The van der Waals surface area contributed by atoms with Gasteiger partial charge in [0, 0.05) is 25.5 Å². The van der Waals surface area contributed by atoms with E-state index in [4.69, 9.17) is 18.9 Å². The van der Waals surface area contributed by atoms with Gasteiger partial charge in [-0.25, -0.2) is 4.79 Å². The highest BCUT2D eigenvalue weighted by molar-refractivity contribution is 5.83. The Bertz CT molecular complexity index is 814. The number of ether oxygens (including phenoxy) is 4. The Kier molecular flexibility index (Phi) is 6.99. The van der Waals surface area contributed by atoms with Crippen molar-refractivity contribution < 1.29 is 23.7 Å². The average Bonchev–Trinajstić information content (AvgIpc) is 3.14. The Hall–Kier alpha value is -1.69. The third-order valence-corrected chi connectivity index (χ3v) is 6.95. The number of rotatable bonds is 7. The monoisotopic (exact) mass is 430 g/mol. The molecule has 2 saturated heterocycles. The van der Waals surface area contributed by atoms with E-state index >= 15 is 0 Å². The Labute approximate surface area is 187 Å². The van der Waals surface area contributed by atoms with Crippen LogP contribution in [0.15, 0.2) is 47.3 Å². The number of hydrogen-bond donors (Lipinski definition) is 0. The molecule has 2 heterocycles. The SMILES string of the molecule is CO[C@]1(C)C[C@@H]2OCC3=CC[C@](C)(CCC=C(C)C)[C@@H](/C=C/OC(=O)C=C(C)C)[C@@]32O1. The standard InChI is InChI=1S/C26H38O5/c1-18(2)9-8-12-24(5)13-10-20-17-30-22-16-25(6,28-7)31-26(20,22)21(24)11-14-29-23(27)15-19(3)4/h9-11,14-15,21-22H,8,12-13,16-17H2,1-7H3/b14-11+/t21-,22+,24+,25+,26+/m1/s1. The summed E-state index contributed by atoms with van der Waals surface area (Å²) in [5, 5.41) is 0. The zero-order valence-corrected chi connectivity index (χ0v) is 20.1. The average molecular weight is 431 g/mol. The van der Waals surface area contributed by atoms with Crippen molar-refractivity contribution in [3.8, 4) is 0 Å². The molecule has 2 aliphatic heterocycles. The van der Waals surface area contributed by atoms with Gasteiger partial charge in [-0.3, -0.25) is 0 Å². The Morgan fingerprint density at radius 3 is 2.61 bits per heavy atom. The first kappa shape index (κ1) is 24.0. The van der Waals surface area contributed by atoms with E-state index in [1.54, 1.807) is 13.4 Å². The van der Waals surface area contributed by atoms with Crippen LogP contribution in [0.5, 0.6) is 0 Å². The van der Waals surface area contributed by atoms with Crippen LogP contribution in [0, 0.1) is 11.3 Å². The predicted octanol–water partition coefficient (Wildman–Crippen LogP) is 5.63. The zero-order valence-electron chi connectivity index (χ0n) is 20.1. The van der Waals surface area contributed by atoms with Gasteiger partial charge in [-0.2, -0.15) is 0 Å². The Balaban J connectivity index is 1.97. The van der Waals surface area contributed by atoms with E-state index in [1.807, 2.05) is 26.8 Å². The predicted molar refractivity (Wildman–Crippen MR) is 121 cm³/mol. The summed E-state index contributed by atoms with van der Waals surface area (Å²) in [6, 6.07) is 0. The first-order valence-corrected chi connectivity index (χ1v) is 11.3. The van der Waals surface area contributed by atoms with Gasteiger partial charge in [0.1, 0.15) is 5.60 Å². The highest BCUT2D eigenvalue weighted by atomic mass is 16.7. The van der Waals surface area contributed by atoms with Crippen molar-refractivity contribution in [3.63, 3.8) is 0 Å². The summed E-state index contributed by atoms with van der Waals surface area (Å²) in [5.41, 5.74) is 2.75. The molecule has 2 fully saturated rings. The highest BCUT2D eigenvalue weighted by Crippen LogP contribution is 2.61. The van der Waals surface area contributed by atoms with Crippen LogP contribution >= 0.6 is 0 Å². The Morgan fingerprint density at radius 1 is 1.23 bits per heavy atom. The van der Waals surface area contributed by atoms with Gasteiger partial charge >= 0.3 is 5.97 Å². The molecule has 0 bridgehead atoms. The maximum Gasteiger partial charge on any atom is 0.335 e. The highest BCUT2D eigenvalue weighted by Gasteiger charge is 2.67. The number of methoxy groups -OCH3 is 1. The topological polar surface area (TPSA) is 54.0 Å². The summed E-state index contributed by atoms with van der Waals surface area (Å²) in [6.07, 6.45) is 13.2. The van der Waals surface area contributed by atoms with Crippen molar-refractivity contribution in [3.05, 3.63) is 47.3 Å². The van der Waals surface area contributed by atoms with E-state index in [-0.39, 0.29) is 23.4 Å². The van der Waals surface area contributed by atoms with Gasteiger partial charge in [-0.15, -0.1) is 0 Å². The normalized spacial score (nSPS) is 36.5. The molecule has 0 radical (unpaired) electrons. The molecule has 3 rings (SSSR count). The molecule has 0 amide bonds. The molecule has 5 heteroatoms. The minimum atomic E-state index is -0.701.